The van der Waals surface area contributed by atoms with Crippen LogP contribution in [0.15, 0.2) is 267 Å². The van der Waals surface area contributed by atoms with Crippen LogP contribution in [-0.4, -0.2) is 4.57 Å². The first-order chi connectivity index (χ1) is 32.7. The molecule has 0 radical (unpaired) electrons. The van der Waals surface area contributed by atoms with Crippen LogP contribution in [0.5, 0.6) is 0 Å². The molecule has 0 aliphatic rings. The van der Waals surface area contributed by atoms with Gasteiger partial charge in [-0.1, -0.05) is 200 Å². The fourth-order valence-electron chi connectivity index (χ4n) is 9.69. The van der Waals surface area contributed by atoms with Crippen LogP contribution in [0.4, 0.5) is 17.1 Å². The number of nitrogens with zero attached hydrogens (tertiary/aromatic N) is 2. The van der Waals surface area contributed by atoms with Gasteiger partial charge in [-0.15, -0.1) is 0 Å². The average molecular weight is 841 g/mol. The Bertz CT molecular complexity index is 3650. The fraction of sp³-hybridized carbons (Fsp3) is 0. The van der Waals surface area contributed by atoms with Crippen molar-refractivity contribution < 1.29 is 0 Å². The molecule has 12 rings (SSSR count). The van der Waals surface area contributed by atoms with Gasteiger partial charge in [-0.25, -0.2) is 0 Å². The first-order valence-electron chi connectivity index (χ1n) is 22.7. The number of aromatic nitrogens is 1. The Morgan fingerprint density at radius 2 is 0.727 bits per heavy atom. The minimum absolute atomic E-state index is 1.08. The normalized spacial score (nSPS) is 11.3. The van der Waals surface area contributed by atoms with E-state index < -0.39 is 0 Å². The van der Waals surface area contributed by atoms with Gasteiger partial charge in [0.25, 0.3) is 0 Å². The van der Waals surface area contributed by atoms with Crippen molar-refractivity contribution >= 4 is 49.6 Å². The van der Waals surface area contributed by atoms with Crippen molar-refractivity contribution in [2.24, 2.45) is 0 Å². The van der Waals surface area contributed by atoms with Crippen LogP contribution in [-0.2, 0) is 0 Å². The summed E-state index contributed by atoms with van der Waals surface area (Å²) in [5, 5.41) is 4.95. The average Bonchev–Trinajstić information content (AvgIpc) is 3.74. The van der Waals surface area contributed by atoms with Crippen molar-refractivity contribution in [3.05, 3.63) is 267 Å². The van der Waals surface area contributed by atoms with Crippen LogP contribution in [0.25, 0.3) is 93.9 Å². The van der Waals surface area contributed by atoms with Gasteiger partial charge in [0.2, 0.25) is 0 Å². The van der Waals surface area contributed by atoms with E-state index in [4.69, 9.17) is 0 Å². The van der Waals surface area contributed by atoms with Crippen molar-refractivity contribution in [1.29, 1.82) is 0 Å². The molecule has 66 heavy (non-hydrogen) atoms. The van der Waals surface area contributed by atoms with Gasteiger partial charge >= 0.3 is 0 Å². The number of rotatable bonds is 9. The van der Waals surface area contributed by atoms with Gasteiger partial charge in [0.05, 0.1) is 11.0 Å². The summed E-state index contributed by atoms with van der Waals surface area (Å²) in [6.07, 6.45) is 0. The maximum absolute atomic E-state index is 2.42. The summed E-state index contributed by atoms with van der Waals surface area (Å²) in [5.41, 5.74) is 18.7. The number of hydrogen-bond acceptors (Lipinski definition) is 1. The summed E-state index contributed by atoms with van der Waals surface area (Å²) in [7, 11) is 0. The highest BCUT2D eigenvalue weighted by Crippen LogP contribution is 2.43. The molecule has 12 aromatic rings. The zero-order valence-electron chi connectivity index (χ0n) is 36.3. The second kappa shape index (κ2) is 16.8. The molecule has 0 saturated heterocycles. The lowest BCUT2D eigenvalue weighted by atomic mass is 9.97. The van der Waals surface area contributed by atoms with Crippen molar-refractivity contribution in [1.82, 2.24) is 4.57 Å². The number of fused-ring (bicyclic) bond motifs is 4. The highest BCUT2D eigenvalue weighted by atomic mass is 15.1. The lowest BCUT2D eigenvalue weighted by molar-refractivity contribution is 1.18. The molecular formula is C64H44N2. The molecule has 2 nitrogen and oxygen atoms in total. The Kier molecular flexibility index (Phi) is 9.89. The molecule has 0 aliphatic heterocycles. The van der Waals surface area contributed by atoms with Crippen LogP contribution < -0.4 is 4.90 Å². The Balaban J connectivity index is 0.974. The molecule has 0 bridgehead atoms. The molecule has 1 aromatic heterocycles. The summed E-state index contributed by atoms with van der Waals surface area (Å²) >= 11 is 0. The summed E-state index contributed by atoms with van der Waals surface area (Å²) in [6, 6.07) is 96.9. The monoisotopic (exact) mass is 840 g/mol. The Labute approximate surface area is 385 Å². The molecule has 310 valence electrons. The predicted molar refractivity (Wildman–Crippen MR) is 280 cm³/mol. The first-order valence-corrected chi connectivity index (χ1v) is 22.7. The van der Waals surface area contributed by atoms with Crippen LogP contribution >= 0.6 is 0 Å². The van der Waals surface area contributed by atoms with Crippen LogP contribution in [0.3, 0.4) is 0 Å². The van der Waals surface area contributed by atoms with Crippen LogP contribution in [0, 0.1) is 0 Å². The number of benzene rings is 11. The van der Waals surface area contributed by atoms with Crippen molar-refractivity contribution in [2.75, 3.05) is 4.90 Å². The second-order valence-corrected chi connectivity index (χ2v) is 17.0. The number of anilines is 3. The van der Waals surface area contributed by atoms with Crippen molar-refractivity contribution in [2.45, 2.75) is 0 Å². The molecule has 0 amide bonds. The molecule has 0 aliphatic carbocycles. The largest absolute Gasteiger partial charge is 0.310 e. The van der Waals surface area contributed by atoms with E-state index in [1.165, 1.54) is 82.6 Å². The maximum atomic E-state index is 2.42. The van der Waals surface area contributed by atoms with Gasteiger partial charge in [-0.05, 0) is 133 Å². The van der Waals surface area contributed by atoms with Crippen molar-refractivity contribution in [3.8, 4) is 61.3 Å². The van der Waals surface area contributed by atoms with Gasteiger partial charge < -0.3 is 9.47 Å². The van der Waals surface area contributed by atoms with E-state index in [1.807, 2.05) is 0 Å². The molecule has 11 aromatic carbocycles. The first kappa shape index (κ1) is 38.9. The predicted octanol–water partition coefficient (Wildman–Crippen LogP) is 17.7. The standard InChI is InChI=1S/C64H44N2/c1-4-14-45(15-5-1)48-26-28-49(29-27-48)50-32-37-57(38-33-50)65(58-39-34-51(35-40-58)53-31-30-47-18-10-11-19-52(47)42-53)59-23-12-20-55(43-59)60-24-13-25-62-64(60)61-41-36-54(46-16-6-2-7-17-46)44-63(61)66(62)56-21-8-3-9-22-56/h1-44H. The highest BCUT2D eigenvalue weighted by molar-refractivity contribution is 6.16. The second-order valence-electron chi connectivity index (χ2n) is 17.0. The highest BCUT2D eigenvalue weighted by Gasteiger charge is 2.19. The summed E-state index contributed by atoms with van der Waals surface area (Å²) in [4.78, 5) is 2.38. The molecule has 0 saturated carbocycles. The Morgan fingerprint density at radius 1 is 0.258 bits per heavy atom. The van der Waals surface area contributed by atoms with Gasteiger partial charge in [-0.2, -0.15) is 0 Å². The van der Waals surface area contributed by atoms with Crippen LogP contribution in [0.2, 0.25) is 0 Å². The van der Waals surface area contributed by atoms with Gasteiger partial charge in [0.1, 0.15) is 0 Å². The zero-order valence-corrected chi connectivity index (χ0v) is 36.3. The Hall–Kier alpha value is -8.72. The summed E-state index contributed by atoms with van der Waals surface area (Å²) in [5.74, 6) is 0. The van der Waals surface area contributed by atoms with Gasteiger partial charge in [0.15, 0.2) is 0 Å². The van der Waals surface area contributed by atoms with E-state index in [-0.39, 0.29) is 0 Å². The topological polar surface area (TPSA) is 8.17 Å². The van der Waals surface area contributed by atoms with E-state index in [2.05, 4.69) is 276 Å². The van der Waals surface area contributed by atoms with Crippen molar-refractivity contribution in [3.63, 3.8) is 0 Å². The third-order valence-electron chi connectivity index (χ3n) is 13.0. The maximum Gasteiger partial charge on any atom is 0.0547 e. The Morgan fingerprint density at radius 3 is 1.38 bits per heavy atom. The van der Waals surface area contributed by atoms with Crippen LogP contribution in [0.1, 0.15) is 0 Å². The minimum atomic E-state index is 1.08. The number of para-hydroxylation sites is 1. The van der Waals surface area contributed by atoms with E-state index in [0.29, 0.717) is 0 Å². The fourth-order valence-corrected chi connectivity index (χ4v) is 9.69. The van der Waals surface area contributed by atoms with E-state index in [9.17, 15) is 0 Å². The number of hydrogen-bond donors (Lipinski definition) is 0. The molecular weight excluding hydrogens is 797 g/mol. The lowest BCUT2D eigenvalue weighted by Gasteiger charge is -2.26. The molecule has 2 heteroatoms. The minimum Gasteiger partial charge on any atom is -0.310 e. The van der Waals surface area contributed by atoms with E-state index >= 15 is 0 Å². The molecule has 1 heterocycles. The molecule has 0 atom stereocenters. The molecule has 0 unspecified atom stereocenters. The smallest absolute Gasteiger partial charge is 0.0547 e. The lowest BCUT2D eigenvalue weighted by Crippen LogP contribution is -2.10. The van der Waals surface area contributed by atoms with E-state index in [1.54, 1.807) is 0 Å². The SMILES string of the molecule is c1ccc(-c2ccc(-c3ccc(N(c4ccc(-c5ccc6ccccc6c5)cc4)c4cccc(-c5cccc6c5c5ccc(-c7ccccc7)cc5n6-c5ccccc5)c4)cc3)cc2)cc1. The van der Waals surface area contributed by atoms with Gasteiger partial charge in [0, 0.05) is 33.5 Å². The molecule has 0 fully saturated rings. The third-order valence-corrected chi connectivity index (χ3v) is 13.0. The molecule has 0 spiro atoms. The van der Waals surface area contributed by atoms with E-state index in [0.717, 1.165) is 28.3 Å². The zero-order chi connectivity index (χ0) is 43.8. The quantitative estimate of drug-likeness (QED) is 0.141. The summed E-state index contributed by atoms with van der Waals surface area (Å²) < 4.78 is 2.42. The molecule has 0 N–H and O–H groups in total. The van der Waals surface area contributed by atoms with Gasteiger partial charge in [-0.3, -0.25) is 0 Å². The third kappa shape index (κ3) is 7.21. The summed E-state index contributed by atoms with van der Waals surface area (Å²) in [6.45, 7) is 0.